The minimum absolute atomic E-state index is 0.344. The minimum Gasteiger partial charge on any atom is -0.398 e. The molecule has 6 heteroatoms. The molecule has 1 heterocycles. The van der Waals surface area contributed by atoms with E-state index in [4.69, 9.17) is 5.73 Å². The summed E-state index contributed by atoms with van der Waals surface area (Å²) in [6.07, 6.45) is 0. The van der Waals surface area contributed by atoms with E-state index in [2.05, 4.69) is 43.2 Å². The number of nitrogens with zero attached hydrogens (tertiary/aromatic N) is 4. The zero-order valence-corrected chi connectivity index (χ0v) is 12.9. The van der Waals surface area contributed by atoms with Crippen LogP contribution in [-0.4, -0.2) is 20.2 Å². The topological polar surface area (TPSA) is 69.6 Å². The van der Waals surface area contributed by atoms with E-state index in [0.29, 0.717) is 41.4 Å². The first-order chi connectivity index (χ1) is 9.90. The molecule has 0 aliphatic heterocycles. The maximum atomic E-state index is 13.2. The van der Waals surface area contributed by atoms with Gasteiger partial charge in [-0.25, -0.2) is 9.07 Å². The number of hydrogen-bond acceptors (Lipinski definition) is 4. The van der Waals surface area contributed by atoms with Crippen molar-refractivity contribution in [1.82, 2.24) is 20.2 Å². The number of benzene rings is 1. The summed E-state index contributed by atoms with van der Waals surface area (Å²) in [6, 6.07) is 4.27. The van der Waals surface area contributed by atoms with Crippen LogP contribution >= 0.6 is 0 Å². The first-order valence-electron chi connectivity index (χ1n) is 7.21. The van der Waals surface area contributed by atoms with Crippen LogP contribution in [0.5, 0.6) is 0 Å². The van der Waals surface area contributed by atoms with Gasteiger partial charge >= 0.3 is 0 Å². The van der Waals surface area contributed by atoms with Gasteiger partial charge in [-0.2, -0.15) is 0 Å². The highest BCUT2D eigenvalue weighted by atomic mass is 19.1. The lowest BCUT2D eigenvalue weighted by atomic mass is 9.85. The Bertz CT molecular complexity index is 598. The Kier molecular flexibility index (Phi) is 4.55. The number of rotatable bonds is 5. The number of tetrazole rings is 1. The molecule has 1 aromatic heterocycles. The summed E-state index contributed by atoms with van der Waals surface area (Å²) in [5.41, 5.74) is 6.89. The molecule has 5 nitrogen and oxygen atoms in total. The molecular weight excluding hydrogens is 269 g/mol. The molecule has 2 rings (SSSR count). The Morgan fingerprint density at radius 1 is 1.19 bits per heavy atom. The lowest BCUT2D eigenvalue weighted by Crippen LogP contribution is -2.23. The summed E-state index contributed by atoms with van der Waals surface area (Å²) < 4.78 is 14.9. The molecule has 0 amide bonds. The predicted octanol–water partition coefficient (Wildman–Crippen LogP) is 2.99. The third-order valence-electron chi connectivity index (χ3n) is 3.88. The van der Waals surface area contributed by atoms with Gasteiger partial charge in [0.25, 0.3) is 0 Å². The van der Waals surface area contributed by atoms with Crippen molar-refractivity contribution >= 4 is 5.69 Å². The summed E-state index contributed by atoms with van der Waals surface area (Å²) in [7, 11) is 0. The van der Waals surface area contributed by atoms with Crippen LogP contribution in [0.15, 0.2) is 18.2 Å². The summed E-state index contributed by atoms with van der Waals surface area (Å²) in [5.74, 6) is 1.71. The summed E-state index contributed by atoms with van der Waals surface area (Å²) in [4.78, 5) is 0. The number of halogens is 1. The molecule has 2 aromatic rings. The molecule has 0 saturated heterocycles. The monoisotopic (exact) mass is 291 g/mol. The average molecular weight is 291 g/mol. The molecule has 0 fully saturated rings. The molecule has 0 atom stereocenters. The molecule has 0 aliphatic carbocycles. The van der Waals surface area contributed by atoms with Crippen molar-refractivity contribution in [2.24, 2.45) is 17.8 Å². The first kappa shape index (κ1) is 15.4. The molecule has 0 bridgehead atoms. The number of nitrogen functional groups attached to an aromatic ring is 1. The van der Waals surface area contributed by atoms with Crippen LogP contribution < -0.4 is 5.73 Å². The van der Waals surface area contributed by atoms with E-state index in [1.165, 1.54) is 12.1 Å². The number of hydrogen-bond donors (Lipinski definition) is 1. The molecule has 1 aromatic carbocycles. The van der Waals surface area contributed by atoms with Crippen LogP contribution in [0.3, 0.4) is 0 Å². The van der Waals surface area contributed by atoms with Gasteiger partial charge in [0, 0.05) is 17.8 Å². The van der Waals surface area contributed by atoms with Gasteiger partial charge in [0.2, 0.25) is 0 Å². The van der Waals surface area contributed by atoms with Crippen molar-refractivity contribution in [3.63, 3.8) is 0 Å². The summed E-state index contributed by atoms with van der Waals surface area (Å²) in [5, 5.41) is 11.9. The van der Waals surface area contributed by atoms with E-state index in [0.717, 1.165) is 0 Å². The van der Waals surface area contributed by atoms with Crippen LogP contribution in [0.1, 0.15) is 27.7 Å². The fraction of sp³-hybridized carbons (Fsp3) is 0.533. The zero-order valence-electron chi connectivity index (χ0n) is 12.9. The van der Waals surface area contributed by atoms with Gasteiger partial charge in [-0.1, -0.05) is 27.7 Å². The second kappa shape index (κ2) is 6.20. The molecule has 2 N–H and O–H groups in total. The van der Waals surface area contributed by atoms with Crippen molar-refractivity contribution in [3.05, 3.63) is 24.0 Å². The average Bonchev–Trinajstić information content (AvgIpc) is 2.83. The van der Waals surface area contributed by atoms with Gasteiger partial charge in [0.05, 0.1) is 0 Å². The van der Waals surface area contributed by atoms with Gasteiger partial charge in [-0.3, -0.25) is 0 Å². The smallest absolute Gasteiger partial charge is 0.184 e. The highest BCUT2D eigenvalue weighted by molar-refractivity contribution is 5.71. The third kappa shape index (κ3) is 3.37. The molecule has 0 spiro atoms. The lowest BCUT2D eigenvalue weighted by Gasteiger charge is -2.24. The number of nitrogens with two attached hydrogens (primary N) is 1. The molecule has 0 radical (unpaired) electrons. The molecule has 114 valence electrons. The van der Waals surface area contributed by atoms with Gasteiger partial charge in [-0.05, 0) is 46.4 Å². The van der Waals surface area contributed by atoms with Gasteiger partial charge < -0.3 is 5.73 Å². The normalized spacial score (nSPS) is 11.8. The fourth-order valence-corrected chi connectivity index (χ4v) is 2.65. The van der Waals surface area contributed by atoms with Gasteiger partial charge in [-0.15, -0.1) is 5.10 Å². The summed E-state index contributed by atoms with van der Waals surface area (Å²) >= 11 is 0. The SMILES string of the molecule is CC(C)C(Cn1nnnc1-c1ccc(F)cc1N)C(C)C. The Balaban J connectivity index is 2.34. The number of aromatic nitrogens is 4. The highest BCUT2D eigenvalue weighted by Crippen LogP contribution is 2.27. The Hall–Kier alpha value is -1.98. The van der Waals surface area contributed by atoms with Gasteiger partial charge in [0.1, 0.15) is 5.82 Å². The third-order valence-corrected chi connectivity index (χ3v) is 3.88. The molecule has 0 aliphatic rings. The number of anilines is 1. The van der Waals surface area contributed by atoms with E-state index in [-0.39, 0.29) is 5.82 Å². The summed E-state index contributed by atoms with van der Waals surface area (Å²) in [6.45, 7) is 9.50. The Morgan fingerprint density at radius 2 is 1.86 bits per heavy atom. The zero-order chi connectivity index (χ0) is 15.6. The second-order valence-electron chi connectivity index (χ2n) is 6.07. The predicted molar refractivity (Wildman–Crippen MR) is 80.8 cm³/mol. The van der Waals surface area contributed by atoms with Crippen LogP contribution in [0.4, 0.5) is 10.1 Å². The molecular formula is C15H22FN5. The highest BCUT2D eigenvalue weighted by Gasteiger charge is 2.21. The van der Waals surface area contributed by atoms with Crippen molar-refractivity contribution in [2.45, 2.75) is 34.2 Å². The van der Waals surface area contributed by atoms with Gasteiger partial charge in [0.15, 0.2) is 5.82 Å². The Labute approximate surface area is 124 Å². The van der Waals surface area contributed by atoms with Crippen molar-refractivity contribution in [3.8, 4) is 11.4 Å². The molecule has 0 unspecified atom stereocenters. The molecule has 21 heavy (non-hydrogen) atoms. The van der Waals surface area contributed by atoms with E-state index in [1.807, 2.05) is 0 Å². The van der Waals surface area contributed by atoms with E-state index in [9.17, 15) is 4.39 Å². The van der Waals surface area contributed by atoms with Crippen LogP contribution in [-0.2, 0) is 6.54 Å². The van der Waals surface area contributed by atoms with Crippen molar-refractivity contribution in [2.75, 3.05) is 5.73 Å². The maximum absolute atomic E-state index is 13.2. The standard InChI is InChI=1S/C15H22FN5/c1-9(2)13(10(3)4)8-21-15(18-19-20-21)12-6-5-11(16)7-14(12)17/h5-7,9-10,13H,8,17H2,1-4H3. The van der Waals surface area contributed by atoms with E-state index in [1.54, 1.807) is 10.7 Å². The largest absolute Gasteiger partial charge is 0.398 e. The van der Waals surface area contributed by atoms with Crippen molar-refractivity contribution in [1.29, 1.82) is 0 Å². The van der Waals surface area contributed by atoms with Crippen LogP contribution in [0.25, 0.3) is 11.4 Å². The van der Waals surface area contributed by atoms with E-state index < -0.39 is 0 Å². The minimum atomic E-state index is -0.363. The first-order valence-corrected chi connectivity index (χ1v) is 7.21. The van der Waals surface area contributed by atoms with Crippen LogP contribution in [0.2, 0.25) is 0 Å². The van der Waals surface area contributed by atoms with Crippen LogP contribution in [0, 0.1) is 23.6 Å². The second-order valence-corrected chi connectivity index (χ2v) is 6.07. The lowest BCUT2D eigenvalue weighted by molar-refractivity contribution is 0.242. The maximum Gasteiger partial charge on any atom is 0.184 e. The Morgan fingerprint density at radius 3 is 2.43 bits per heavy atom. The van der Waals surface area contributed by atoms with E-state index >= 15 is 0 Å². The fourth-order valence-electron chi connectivity index (χ4n) is 2.65. The quantitative estimate of drug-likeness (QED) is 0.860. The molecule has 0 saturated carbocycles. The van der Waals surface area contributed by atoms with Crippen molar-refractivity contribution < 1.29 is 4.39 Å².